The zero-order chi connectivity index (χ0) is 28.4. The van der Waals surface area contributed by atoms with Crippen LogP contribution in [0, 0.1) is 0 Å². The molecule has 12 nitrogen and oxygen atoms in total. The summed E-state index contributed by atoms with van der Waals surface area (Å²) in [5.41, 5.74) is -0.455. The van der Waals surface area contributed by atoms with Gasteiger partial charge < -0.3 is 31.4 Å². The fraction of sp³-hybridized carbons (Fsp3) is 0.600. The molecule has 230 valence electrons. The van der Waals surface area contributed by atoms with E-state index in [2.05, 4.69) is 66.9 Å². The van der Waals surface area contributed by atoms with Gasteiger partial charge in [-0.3, -0.25) is 4.79 Å². The van der Waals surface area contributed by atoms with E-state index in [0.29, 0.717) is 32.1 Å². The van der Waals surface area contributed by atoms with Crippen LogP contribution in [0.3, 0.4) is 0 Å². The van der Waals surface area contributed by atoms with Crippen molar-refractivity contribution in [3.8, 4) is 0 Å². The van der Waals surface area contributed by atoms with Crippen LogP contribution in [0.25, 0.3) is 0 Å². The predicted octanol–water partition coefficient (Wildman–Crippen LogP) is -1.22. The molecule has 0 bridgehead atoms. The van der Waals surface area contributed by atoms with Gasteiger partial charge in [0.15, 0.2) is 0 Å². The van der Waals surface area contributed by atoms with Gasteiger partial charge in [0.1, 0.15) is 5.60 Å². The molecule has 2 aromatic rings. The van der Waals surface area contributed by atoms with Crippen LogP contribution >= 0.6 is 43.5 Å². The van der Waals surface area contributed by atoms with Gasteiger partial charge in [-0.25, -0.2) is 24.7 Å². The smallest absolute Gasteiger partial charge is 1.00 e. The van der Waals surface area contributed by atoms with E-state index in [1.165, 1.54) is 32.4 Å². The van der Waals surface area contributed by atoms with Crippen LogP contribution in [-0.2, 0) is 14.4 Å². The summed E-state index contributed by atoms with van der Waals surface area (Å²) in [6.07, 6.45) is 10.6. The molecule has 0 atom stereocenters. The summed E-state index contributed by atoms with van der Waals surface area (Å²) in [6, 6.07) is 0. The number of carbonyl (C=O) groups is 2. The molecule has 0 saturated carbocycles. The summed E-state index contributed by atoms with van der Waals surface area (Å²) in [5.74, 6) is 0.692. The van der Waals surface area contributed by atoms with Crippen molar-refractivity contribution >= 4 is 62.0 Å². The van der Waals surface area contributed by atoms with Crippen molar-refractivity contribution in [2.45, 2.75) is 60.5 Å². The average molecular weight is 794 g/mol. The molecule has 2 saturated heterocycles. The van der Waals surface area contributed by atoms with Gasteiger partial charge in [0, 0.05) is 51.0 Å². The standard InChI is InChI=1S/C13H19BrN4O2.C5H11N.C4H2BrClN2.CH2O3.2CH4.2K.H/c1-13(2,3)20-12(19)18-6-4-17(5-7-18)11-15-8-10(14)9-16-11;1-2-4-6-5-3-1;5-3-1-7-4(6)8-2-3;2-1-4-3;;;;;/h8-9H,4-7H2,1-3H3;6H,1-5H2;1-2H;1,3H;2*1H4;;;/q;;;;;;2*+1;-1/p-1. The van der Waals surface area contributed by atoms with Crippen molar-refractivity contribution in [3.05, 3.63) is 39.0 Å². The molecule has 4 rings (SSSR count). The molecule has 0 aliphatic carbocycles. The van der Waals surface area contributed by atoms with E-state index < -0.39 is 5.60 Å². The second-order valence-electron chi connectivity index (χ2n) is 8.83. The van der Waals surface area contributed by atoms with Gasteiger partial charge in [0.25, 0.3) is 6.47 Å². The first-order valence-electron chi connectivity index (χ1n) is 11.8. The summed E-state index contributed by atoms with van der Waals surface area (Å²) in [7, 11) is 0. The summed E-state index contributed by atoms with van der Waals surface area (Å²) < 4.78 is 7.06. The SMILES string of the molecule is C.C.C1CCNCC1.CC(C)(C)OC(=O)N1CCN(c2ncc(Br)cn2)CC1.Clc1ncc(Br)cn1.O=CO[O-].[H-].[K+].[K+]. The van der Waals surface area contributed by atoms with E-state index in [1.54, 1.807) is 29.7 Å². The fourth-order valence-electron chi connectivity index (χ4n) is 2.98. The van der Waals surface area contributed by atoms with E-state index in [9.17, 15) is 4.79 Å². The molecule has 42 heavy (non-hydrogen) atoms. The van der Waals surface area contributed by atoms with Crippen LogP contribution in [0.4, 0.5) is 10.7 Å². The second-order valence-corrected chi connectivity index (χ2v) is 11.0. The van der Waals surface area contributed by atoms with Crippen LogP contribution in [0.15, 0.2) is 33.7 Å². The molecule has 1 amide bonds. The Balaban J connectivity index is -0.000000175. The Labute approximate surface area is 358 Å². The molecule has 2 fully saturated rings. The van der Waals surface area contributed by atoms with Crippen molar-refractivity contribution in [2.24, 2.45) is 0 Å². The first-order chi connectivity index (χ1) is 18.1. The predicted molar refractivity (Wildman–Crippen MR) is 163 cm³/mol. The molecule has 17 heteroatoms. The van der Waals surface area contributed by atoms with Gasteiger partial charge in [0.05, 0.1) is 8.95 Å². The van der Waals surface area contributed by atoms with E-state index in [4.69, 9.17) is 26.4 Å². The molecule has 1 N–H and O–H groups in total. The van der Waals surface area contributed by atoms with Crippen LogP contribution < -0.4 is 118 Å². The zero-order valence-corrected chi connectivity index (χ0v) is 33.8. The second kappa shape index (κ2) is 29.5. The number of ether oxygens (including phenoxy) is 1. The molecule has 0 aromatic carbocycles. The quantitative estimate of drug-likeness (QED) is 0.129. The summed E-state index contributed by atoms with van der Waals surface area (Å²) in [5, 5.41) is 12.0. The maximum atomic E-state index is 11.9. The largest absolute Gasteiger partial charge is 1.00 e. The van der Waals surface area contributed by atoms with Crippen molar-refractivity contribution in [1.82, 2.24) is 30.2 Å². The Morgan fingerprint density at radius 3 is 1.69 bits per heavy atom. The van der Waals surface area contributed by atoms with Crippen molar-refractivity contribution in [2.75, 3.05) is 44.2 Å². The summed E-state index contributed by atoms with van der Waals surface area (Å²) in [4.78, 5) is 42.9. The summed E-state index contributed by atoms with van der Waals surface area (Å²) >= 11 is 11.8. The number of hydrogen-bond acceptors (Lipinski definition) is 11. The van der Waals surface area contributed by atoms with E-state index in [1.807, 2.05) is 20.8 Å². The Hall–Kier alpha value is 1.14. The molecular weight excluding hydrogens is 752 g/mol. The van der Waals surface area contributed by atoms with Gasteiger partial charge >= 0.3 is 109 Å². The number of hydrogen-bond donors (Lipinski definition) is 1. The monoisotopic (exact) mass is 791 g/mol. The molecule has 4 heterocycles. The third kappa shape index (κ3) is 25.3. The number of nitrogens with one attached hydrogen (secondary N) is 1. The number of amides is 1. The minimum atomic E-state index is -0.455. The molecule has 2 aromatic heterocycles. The third-order valence-electron chi connectivity index (χ3n) is 4.66. The number of rotatable bonds is 2. The number of halogens is 3. The van der Waals surface area contributed by atoms with E-state index >= 15 is 0 Å². The van der Waals surface area contributed by atoms with Crippen LogP contribution in [0.2, 0.25) is 5.28 Å². The number of carbonyl (C=O) groups excluding carboxylic acids is 2. The first-order valence-corrected chi connectivity index (χ1v) is 13.8. The van der Waals surface area contributed by atoms with Crippen LogP contribution in [0.5, 0.6) is 0 Å². The number of aromatic nitrogens is 4. The molecule has 0 radical (unpaired) electrons. The number of nitrogens with zero attached hydrogens (tertiary/aromatic N) is 6. The van der Waals surface area contributed by atoms with Crippen LogP contribution in [-0.4, -0.2) is 82.3 Å². The fourth-order valence-corrected chi connectivity index (χ4v) is 3.49. The average Bonchev–Trinajstić information content (AvgIpc) is 2.92. The summed E-state index contributed by atoms with van der Waals surface area (Å²) in [6.45, 7) is 10.6. The number of piperazine rings is 1. The van der Waals surface area contributed by atoms with Gasteiger partial charge in [-0.05, 0) is 90.2 Å². The molecular formula is C25H42Br2ClK2N7O5. The minimum absolute atomic E-state index is 0. The first kappa shape index (κ1) is 50.0. The zero-order valence-electron chi connectivity index (χ0n) is 24.6. The third-order valence-corrected chi connectivity index (χ3v) is 5.67. The Bertz CT molecular complexity index is 913. The van der Waals surface area contributed by atoms with Crippen LogP contribution in [0.1, 0.15) is 56.3 Å². The number of piperidine rings is 1. The van der Waals surface area contributed by atoms with Gasteiger partial charge in [-0.2, -0.15) is 0 Å². The molecule has 2 aliphatic rings. The maximum Gasteiger partial charge on any atom is 1.00 e. The van der Waals surface area contributed by atoms with Gasteiger partial charge in [0.2, 0.25) is 11.2 Å². The van der Waals surface area contributed by atoms with Gasteiger partial charge in [-0.15, -0.1) is 0 Å². The molecule has 0 unspecified atom stereocenters. The maximum absolute atomic E-state index is 11.9. The normalized spacial score (nSPS) is 13.4. The molecule has 2 aliphatic heterocycles. The van der Waals surface area contributed by atoms with Crippen molar-refractivity contribution < 1.29 is 129 Å². The Kier molecular flexibility index (Phi) is 35.2. The van der Waals surface area contributed by atoms with Gasteiger partial charge in [-0.1, -0.05) is 21.3 Å². The Morgan fingerprint density at radius 2 is 1.38 bits per heavy atom. The minimum Gasteiger partial charge on any atom is -1.00 e. The molecule has 0 spiro atoms. The number of anilines is 1. The van der Waals surface area contributed by atoms with E-state index in [0.717, 1.165) is 8.95 Å². The topological polar surface area (TPSA) is 146 Å². The Morgan fingerprint density at radius 1 is 0.952 bits per heavy atom. The van der Waals surface area contributed by atoms with Crippen molar-refractivity contribution in [1.29, 1.82) is 0 Å². The van der Waals surface area contributed by atoms with E-state index in [-0.39, 0.29) is 137 Å². The van der Waals surface area contributed by atoms with Crippen molar-refractivity contribution in [3.63, 3.8) is 0 Å².